The Labute approximate surface area is 161 Å². The smallest absolute Gasteiger partial charge is 0.253 e. The van der Waals surface area contributed by atoms with E-state index in [-0.39, 0.29) is 16.9 Å². The van der Waals surface area contributed by atoms with Crippen LogP contribution in [0.25, 0.3) is 0 Å². The van der Waals surface area contributed by atoms with Crippen molar-refractivity contribution in [2.45, 2.75) is 56.1 Å². The van der Waals surface area contributed by atoms with E-state index in [1.54, 1.807) is 19.1 Å². The Bertz CT molecular complexity index is 723. The van der Waals surface area contributed by atoms with E-state index in [1.807, 2.05) is 0 Å². The number of hydrogen-bond donors (Lipinski definition) is 1. The summed E-state index contributed by atoms with van der Waals surface area (Å²) in [6.45, 7) is 3.99. The minimum atomic E-state index is -3.46. The number of hydrogen-bond acceptors (Lipinski definition) is 5. The van der Waals surface area contributed by atoms with Crippen LogP contribution < -0.4 is 5.32 Å². The van der Waals surface area contributed by atoms with E-state index in [9.17, 15) is 13.2 Å². The van der Waals surface area contributed by atoms with E-state index in [0.29, 0.717) is 25.4 Å². The average Bonchev–Trinajstić information content (AvgIpc) is 3.21. The molecule has 1 aromatic carbocycles. The fourth-order valence-electron chi connectivity index (χ4n) is 3.31. The molecule has 0 bridgehead atoms. The molecule has 2 unspecified atom stereocenters. The zero-order valence-corrected chi connectivity index (χ0v) is 16.5. The number of anilines is 1. The van der Waals surface area contributed by atoms with E-state index >= 15 is 0 Å². The van der Waals surface area contributed by atoms with E-state index in [0.717, 1.165) is 38.7 Å². The number of benzene rings is 1. The minimum Gasteiger partial charge on any atom is -0.376 e. The van der Waals surface area contributed by atoms with Gasteiger partial charge in [-0.05, 0) is 56.9 Å². The van der Waals surface area contributed by atoms with Gasteiger partial charge in [-0.2, -0.15) is 4.31 Å². The number of sulfonamides is 1. The molecule has 0 radical (unpaired) electrons. The zero-order valence-electron chi connectivity index (χ0n) is 15.7. The lowest BCUT2D eigenvalue weighted by molar-refractivity contribution is -0.128. The highest BCUT2D eigenvalue weighted by atomic mass is 32.2. The van der Waals surface area contributed by atoms with Crippen LogP contribution in [0.15, 0.2) is 29.2 Å². The van der Waals surface area contributed by atoms with E-state index in [4.69, 9.17) is 9.47 Å². The van der Waals surface area contributed by atoms with Crippen LogP contribution in [0.5, 0.6) is 0 Å². The minimum absolute atomic E-state index is 0.0690. The molecule has 2 fully saturated rings. The van der Waals surface area contributed by atoms with Gasteiger partial charge in [-0.25, -0.2) is 8.42 Å². The molecule has 0 spiro atoms. The second-order valence-electron chi connectivity index (χ2n) is 7.09. The summed E-state index contributed by atoms with van der Waals surface area (Å²) < 4.78 is 37.9. The molecule has 2 heterocycles. The van der Waals surface area contributed by atoms with Crippen LogP contribution in [0, 0.1) is 0 Å². The topological polar surface area (TPSA) is 84.9 Å². The number of carbonyl (C=O) groups excluding carboxylic acids is 1. The highest BCUT2D eigenvalue weighted by Crippen LogP contribution is 2.22. The number of amides is 1. The predicted molar refractivity (Wildman–Crippen MR) is 102 cm³/mol. The first kappa shape index (κ1) is 20.3. The molecule has 3 rings (SSSR count). The monoisotopic (exact) mass is 396 g/mol. The second-order valence-corrected chi connectivity index (χ2v) is 9.03. The summed E-state index contributed by atoms with van der Waals surface area (Å²) in [5, 5.41) is 2.76. The number of nitrogens with zero attached hydrogens (tertiary/aromatic N) is 1. The Balaban J connectivity index is 1.54. The first-order valence-corrected chi connectivity index (χ1v) is 11.0. The van der Waals surface area contributed by atoms with E-state index < -0.39 is 16.1 Å². The molecule has 2 saturated heterocycles. The van der Waals surface area contributed by atoms with Crippen molar-refractivity contribution in [3.8, 4) is 0 Å². The molecule has 1 aromatic rings. The first-order chi connectivity index (χ1) is 13.0. The second kappa shape index (κ2) is 9.14. The molecule has 0 aromatic heterocycles. The molecule has 1 amide bonds. The van der Waals surface area contributed by atoms with Gasteiger partial charge >= 0.3 is 0 Å². The Kier molecular flexibility index (Phi) is 6.86. The molecule has 2 atom stereocenters. The van der Waals surface area contributed by atoms with Crippen molar-refractivity contribution < 1.29 is 22.7 Å². The molecule has 27 heavy (non-hydrogen) atoms. The standard InChI is InChI=1S/C19H28N2O5S/c1-15(26-14-17-6-5-13-25-17)19(22)20-16-7-9-18(10-8-16)27(23,24)21-11-3-2-4-12-21/h7-10,15,17H,2-6,11-14H2,1H3,(H,20,22). The third-order valence-corrected chi connectivity index (χ3v) is 6.91. The van der Waals surface area contributed by atoms with E-state index in [1.165, 1.54) is 16.4 Å². The van der Waals surface area contributed by atoms with Crippen LogP contribution in [0.2, 0.25) is 0 Å². The predicted octanol–water partition coefficient (Wildman–Crippen LogP) is 2.38. The summed E-state index contributed by atoms with van der Waals surface area (Å²) >= 11 is 0. The zero-order chi connectivity index (χ0) is 19.3. The van der Waals surface area contributed by atoms with Gasteiger partial charge in [0.25, 0.3) is 5.91 Å². The van der Waals surface area contributed by atoms with Crippen LogP contribution in [0.3, 0.4) is 0 Å². The third-order valence-electron chi connectivity index (χ3n) is 5.00. The van der Waals surface area contributed by atoms with Crippen LogP contribution in [0.1, 0.15) is 39.0 Å². The molecular formula is C19H28N2O5S. The fraction of sp³-hybridized carbons (Fsp3) is 0.632. The van der Waals surface area contributed by atoms with Gasteiger partial charge in [0.15, 0.2) is 0 Å². The maximum absolute atomic E-state index is 12.6. The lowest BCUT2D eigenvalue weighted by atomic mass is 10.2. The molecule has 150 valence electrons. The number of piperidine rings is 1. The van der Waals surface area contributed by atoms with Crippen molar-refractivity contribution in [3.63, 3.8) is 0 Å². The van der Waals surface area contributed by atoms with Gasteiger partial charge in [-0.15, -0.1) is 0 Å². The maximum Gasteiger partial charge on any atom is 0.253 e. The lowest BCUT2D eigenvalue weighted by Crippen LogP contribution is -2.35. The van der Waals surface area contributed by atoms with Gasteiger partial charge < -0.3 is 14.8 Å². The van der Waals surface area contributed by atoms with Gasteiger partial charge in [0.1, 0.15) is 6.10 Å². The fourth-order valence-corrected chi connectivity index (χ4v) is 4.83. The summed E-state index contributed by atoms with van der Waals surface area (Å²) in [7, 11) is -3.46. The Morgan fingerprint density at radius 1 is 1.22 bits per heavy atom. The number of carbonyl (C=O) groups is 1. The SMILES string of the molecule is CC(OCC1CCCO1)C(=O)Nc1ccc(S(=O)(=O)N2CCCCC2)cc1. The van der Waals surface area contributed by atoms with Crippen LogP contribution >= 0.6 is 0 Å². The van der Waals surface area contributed by atoms with Gasteiger partial charge in [0.05, 0.1) is 17.6 Å². The van der Waals surface area contributed by atoms with Crippen molar-refractivity contribution in [1.82, 2.24) is 4.31 Å². The molecule has 7 nitrogen and oxygen atoms in total. The largest absolute Gasteiger partial charge is 0.376 e. The molecular weight excluding hydrogens is 368 g/mol. The van der Waals surface area contributed by atoms with Crippen molar-refractivity contribution >= 4 is 21.6 Å². The van der Waals surface area contributed by atoms with Gasteiger partial charge in [0.2, 0.25) is 10.0 Å². The molecule has 0 saturated carbocycles. The summed E-state index contributed by atoms with van der Waals surface area (Å²) in [5.74, 6) is -0.264. The highest BCUT2D eigenvalue weighted by Gasteiger charge is 2.26. The summed E-state index contributed by atoms with van der Waals surface area (Å²) in [6, 6.07) is 6.30. The Morgan fingerprint density at radius 3 is 2.56 bits per heavy atom. The van der Waals surface area contributed by atoms with Crippen LogP contribution in [-0.2, 0) is 24.3 Å². The average molecular weight is 397 g/mol. The normalized spacial score (nSPS) is 22.5. The summed E-state index contributed by atoms with van der Waals surface area (Å²) in [6.07, 6.45) is 4.33. The van der Waals surface area contributed by atoms with Crippen molar-refractivity contribution in [2.24, 2.45) is 0 Å². The Hall–Kier alpha value is -1.48. The molecule has 2 aliphatic rings. The number of nitrogens with one attached hydrogen (secondary N) is 1. The lowest BCUT2D eigenvalue weighted by Gasteiger charge is -2.25. The summed E-state index contributed by atoms with van der Waals surface area (Å²) in [5.41, 5.74) is 0.546. The van der Waals surface area contributed by atoms with Crippen LogP contribution in [-0.4, -0.2) is 57.1 Å². The Morgan fingerprint density at radius 2 is 1.93 bits per heavy atom. The van der Waals surface area contributed by atoms with Gasteiger partial charge in [0, 0.05) is 25.4 Å². The van der Waals surface area contributed by atoms with E-state index in [2.05, 4.69) is 5.32 Å². The van der Waals surface area contributed by atoms with Crippen molar-refractivity contribution in [3.05, 3.63) is 24.3 Å². The number of ether oxygens (including phenoxy) is 2. The molecule has 2 aliphatic heterocycles. The molecule has 1 N–H and O–H groups in total. The quantitative estimate of drug-likeness (QED) is 0.765. The first-order valence-electron chi connectivity index (χ1n) is 9.61. The molecule has 8 heteroatoms. The number of rotatable bonds is 7. The maximum atomic E-state index is 12.6. The van der Waals surface area contributed by atoms with Crippen LogP contribution in [0.4, 0.5) is 5.69 Å². The van der Waals surface area contributed by atoms with Crippen molar-refractivity contribution in [2.75, 3.05) is 31.6 Å². The third kappa shape index (κ3) is 5.28. The van der Waals surface area contributed by atoms with Gasteiger partial charge in [-0.3, -0.25) is 4.79 Å². The highest BCUT2D eigenvalue weighted by molar-refractivity contribution is 7.89. The summed E-state index contributed by atoms with van der Waals surface area (Å²) in [4.78, 5) is 12.5. The molecule has 0 aliphatic carbocycles. The van der Waals surface area contributed by atoms with Crippen molar-refractivity contribution in [1.29, 1.82) is 0 Å². The van der Waals surface area contributed by atoms with Gasteiger partial charge in [-0.1, -0.05) is 6.42 Å².